The Labute approximate surface area is 121 Å². The second-order valence-electron chi connectivity index (χ2n) is 7.64. The Morgan fingerprint density at radius 3 is 1.84 bits per heavy atom. The molecule has 0 amide bonds. The zero-order valence-electron chi connectivity index (χ0n) is 14.3. The molecule has 1 fully saturated rings. The Morgan fingerprint density at radius 2 is 1.47 bits per heavy atom. The van der Waals surface area contributed by atoms with Gasteiger partial charge in [-0.1, -0.05) is 54.4 Å². The van der Waals surface area contributed by atoms with Crippen molar-refractivity contribution in [1.82, 2.24) is 5.32 Å². The van der Waals surface area contributed by atoms with Gasteiger partial charge in [0, 0.05) is 6.04 Å². The summed E-state index contributed by atoms with van der Waals surface area (Å²) < 4.78 is 0. The zero-order chi connectivity index (χ0) is 14.5. The molecular formula is C18H37N. The van der Waals surface area contributed by atoms with Gasteiger partial charge in [-0.15, -0.1) is 0 Å². The molecule has 1 heteroatoms. The lowest BCUT2D eigenvalue weighted by Crippen LogP contribution is -2.44. The van der Waals surface area contributed by atoms with Gasteiger partial charge >= 0.3 is 0 Å². The normalized spacial score (nSPS) is 26.7. The van der Waals surface area contributed by atoms with E-state index in [0.29, 0.717) is 5.41 Å². The first-order valence-electron chi connectivity index (χ1n) is 8.67. The van der Waals surface area contributed by atoms with Crippen molar-refractivity contribution in [2.45, 2.75) is 86.1 Å². The summed E-state index contributed by atoms with van der Waals surface area (Å²) in [6, 6.07) is 0.765. The van der Waals surface area contributed by atoms with Crippen molar-refractivity contribution in [3.63, 3.8) is 0 Å². The van der Waals surface area contributed by atoms with E-state index in [2.05, 4.69) is 46.9 Å². The third-order valence-electron chi connectivity index (χ3n) is 5.50. The number of nitrogens with one attached hydrogen (secondary N) is 1. The van der Waals surface area contributed by atoms with Crippen LogP contribution in [0.1, 0.15) is 80.1 Å². The van der Waals surface area contributed by atoms with Crippen molar-refractivity contribution in [2.75, 3.05) is 6.54 Å². The molecule has 0 aromatic rings. The van der Waals surface area contributed by atoms with E-state index in [0.717, 1.165) is 30.3 Å². The third kappa shape index (κ3) is 4.77. The molecule has 1 unspecified atom stereocenters. The Bertz CT molecular complexity index is 229. The minimum Gasteiger partial charge on any atom is -0.314 e. The molecule has 0 bridgehead atoms. The smallest absolute Gasteiger partial charge is 0.0123 e. The number of hydrogen-bond donors (Lipinski definition) is 1. The molecule has 0 saturated heterocycles. The highest BCUT2D eigenvalue weighted by Crippen LogP contribution is 2.42. The predicted octanol–water partition coefficient (Wildman–Crippen LogP) is 5.25. The summed E-state index contributed by atoms with van der Waals surface area (Å²) in [6.45, 7) is 15.4. The minimum absolute atomic E-state index is 0.508. The lowest BCUT2D eigenvalue weighted by atomic mass is 9.67. The largest absolute Gasteiger partial charge is 0.314 e. The highest BCUT2D eigenvalue weighted by molar-refractivity contribution is 4.88. The molecule has 0 aromatic carbocycles. The fraction of sp³-hybridized carbons (Fsp3) is 1.00. The van der Waals surface area contributed by atoms with E-state index in [4.69, 9.17) is 0 Å². The maximum Gasteiger partial charge on any atom is 0.0123 e. The van der Waals surface area contributed by atoms with Gasteiger partial charge in [0.25, 0.3) is 0 Å². The van der Waals surface area contributed by atoms with Gasteiger partial charge in [-0.05, 0) is 55.4 Å². The first-order valence-corrected chi connectivity index (χ1v) is 8.67. The molecule has 1 aliphatic rings. The molecule has 1 N–H and O–H groups in total. The molecule has 1 saturated carbocycles. The topological polar surface area (TPSA) is 12.0 Å². The molecule has 0 aromatic heterocycles. The summed E-state index contributed by atoms with van der Waals surface area (Å²) in [5.74, 6) is 2.73. The van der Waals surface area contributed by atoms with Gasteiger partial charge in [0.2, 0.25) is 0 Å². The predicted molar refractivity (Wildman–Crippen MR) is 86.4 cm³/mol. The van der Waals surface area contributed by atoms with Crippen LogP contribution in [-0.4, -0.2) is 12.6 Å². The first kappa shape index (κ1) is 17.0. The zero-order valence-corrected chi connectivity index (χ0v) is 14.3. The van der Waals surface area contributed by atoms with Crippen molar-refractivity contribution < 1.29 is 0 Å². The Kier molecular flexibility index (Phi) is 6.86. The third-order valence-corrected chi connectivity index (χ3v) is 5.50. The lowest BCUT2D eigenvalue weighted by molar-refractivity contribution is 0.115. The van der Waals surface area contributed by atoms with Gasteiger partial charge in [0.05, 0.1) is 0 Å². The molecule has 1 aliphatic carbocycles. The van der Waals surface area contributed by atoms with Crippen LogP contribution >= 0.6 is 0 Å². The monoisotopic (exact) mass is 267 g/mol. The van der Waals surface area contributed by atoms with E-state index >= 15 is 0 Å². The fourth-order valence-corrected chi connectivity index (χ4v) is 4.09. The van der Waals surface area contributed by atoms with Crippen molar-refractivity contribution in [3.05, 3.63) is 0 Å². The highest BCUT2D eigenvalue weighted by atomic mass is 14.9. The summed E-state index contributed by atoms with van der Waals surface area (Å²) in [7, 11) is 0. The molecule has 0 heterocycles. The average Bonchev–Trinajstić information content (AvgIpc) is 2.38. The molecule has 0 spiro atoms. The molecule has 19 heavy (non-hydrogen) atoms. The highest BCUT2D eigenvalue weighted by Gasteiger charge is 2.34. The SMILES string of the molecule is CCNC(C(CC)CC)C1CCC(C(C)(C)C)CC1. The van der Waals surface area contributed by atoms with Crippen LogP contribution in [0, 0.1) is 23.2 Å². The molecular weight excluding hydrogens is 230 g/mol. The maximum atomic E-state index is 3.81. The van der Waals surface area contributed by atoms with Crippen LogP contribution in [0.4, 0.5) is 0 Å². The summed E-state index contributed by atoms with van der Waals surface area (Å²) in [4.78, 5) is 0. The van der Waals surface area contributed by atoms with Crippen LogP contribution in [0.25, 0.3) is 0 Å². The summed E-state index contributed by atoms with van der Waals surface area (Å²) in [6.07, 6.45) is 8.42. The second-order valence-corrected chi connectivity index (χ2v) is 7.64. The lowest BCUT2D eigenvalue weighted by Gasteiger charge is -2.41. The van der Waals surface area contributed by atoms with E-state index in [1.807, 2.05) is 0 Å². The quantitative estimate of drug-likeness (QED) is 0.693. The minimum atomic E-state index is 0.508. The fourth-order valence-electron chi connectivity index (χ4n) is 4.09. The number of rotatable bonds is 6. The summed E-state index contributed by atoms with van der Waals surface area (Å²) in [5, 5.41) is 3.81. The molecule has 0 radical (unpaired) electrons. The Morgan fingerprint density at radius 1 is 0.947 bits per heavy atom. The van der Waals surface area contributed by atoms with Crippen molar-refractivity contribution in [2.24, 2.45) is 23.2 Å². The van der Waals surface area contributed by atoms with Gasteiger partial charge in [0.15, 0.2) is 0 Å². The molecule has 0 aliphatic heterocycles. The van der Waals surface area contributed by atoms with Crippen LogP contribution in [0.15, 0.2) is 0 Å². The van der Waals surface area contributed by atoms with Crippen molar-refractivity contribution >= 4 is 0 Å². The van der Waals surface area contributed by atoms with Gasteiger partial charge in [0.1, 0.15) is 0 Å². The molecule has 1 nitrogen and oxygen atoms in total. The Hall–Kier alpha value is -0.0400. The standard InChI is InChI=1S/C18H37N/c1-7-14(8-2)17(19-9-3)15-10-12-16(13-11-15)18(4,5)6/h14-17,19H,7-13H2,1-6H3. The maximum absolute atomic E-state index is 3.81. The van der Waals surface area contributed by atoms with Gasteiger partial charge < -0.3 is 5.32 Å². The number of hydrogen-bond acceptors (Lipinski definition) is 1. The molecule has 1 rings (SSSR count). The molecule has 1 atom stereocenters. The van der Waals surface area contributed by atoms with Crippen molar-refractivity contribution in [1.29, 1.82) is 0 Å². The van der Waals surface area contributed by atoms with Crippen LogP contribution in [0.3, 0.4) is 0 Å². The summed E-state index contributed by atoms with van der Waals surface area (Å²) >= 11 is 0. The van der Waals surface area contributed by atoms with E-state index < -0.39 is 0 Å². The van der Waals surface area contributed by atoms with Gasteiger partial charge in [-0.25, -0.2) is 0 Å². The van der Waals surface area contributed by atoms with E-state index in [9.17, 15) is 0 Å². The van der Waals surface area contributed by atoms with Gasteiger partial charge in [-0.3, -0.25) is 0 Å². The molecule has 114 valence electrons. The average molecular weight is 268 g/mol. The van der Waals surface area contributed by atoms with Crippen LogP contribution < -0.4 is 5.32 Å². The second kappa shape index (κ2) is 7.67. The van der Waals surface area contributed by atoms with E-state index in [-0.39, 0.29) is 0 Å². The van der Waals surface area contributed by atoms with Crippen LogP contribution in [-0.2, 0) is 0 Å². The van der Waals surface area contributed by atoms with Gasteiger partial charge in [-0.2, -0.15) is 0 Å². The van der Waals surface area contributed by atoms with E-state index in [1.165, 1.54) is 38.5 Å². The van der Waals surface area contributed by atoms with Crippen LogP contribution in [0.5, 0.6) is 0 Å². The van der Waals surface area contributed by atoms with E-state index in [1.54, 1.807) is 0 Å². The Balaban J connectivity index is 2.59. The van der Waals surface area contributed by atoms with Crippen LogP contribution in [0.2, 0.25) is 0 Å². The first-order chi connectivity index (χ1) is 8.93. The van der Waals surface area contributed by atoms with Crippen molar-refractivity contribution in [3.8, 4) is 0 Å². The summed E-state index contributed by atoms with van der Waals surface area (Å²) in [5.41, 5.74) is 0.508.